The number of thiophene rings is 1. The average molecular weight is 373 g/mol. The van der Waals surface area contributed by atoms with Crippen LogP contribution in [-0.4, -0.2) is 9.97 Å². The Hall–Kier alpha value is -1.72. The van der Waals surface area contributed by atoms with Crippen molar-refractivity contribution in [2.45, 2.75) is 19.3 Å². The molecule has 4 rings (SSSR count). The van der Waals surface area contributed by atoms with Crippen LogP contribution in [0.5, 0.6) is 0 Å². The summed E-state index contributed by atoms with van der Waals surface area (Å²) in [6.07, 6.45) is 7.06. The molecular weight excluding hydrogens is 360 g/mol. The van der Waals surface area contributed by atoms with E-state index in [9.17, 15) is 4.79 Å². The molecule has 2 aromatic heterocycles. The minimum atomic E-state index is -0.0140. The molecular formula is C17H13BrN2OS. The Morgan fingerprint density at radius 3 is 2.82 bits per heavy atom. The summed E-state index contributed by atoms with van der Waals surface area (Å²) in [7, 11) is 0. The second kappa shape index (κ2) is 5.48. The summed E-state index contributed by atoms with van der Waals surface area (Å²) in [6, 6.07) is 8.00. The largest absolute Gasteiger partial charge is 0.306 e. The van der Waals surface area contributed by atoms with Crippen LogP contribution in [0.25, 0.3) is 22.4 Å². The number of rotatable bonds is 2. The van der Waals surface area contributed by atoms with Crippen LogP contribution in [-0.2, 0) is 12.8 Å². The number of aromatic amines is 1. The van der Waals surface area contributed by atoms with E-state index in [1.54, 1.807) is 11.3 Å². The number of benzene rings is 1. The molecule has 1 aliphatic carbocycles. The van der Waals surface area contributed by atoms with E-state index < -0.39 is 0 Å². The lowest BCUT2D eigenvalue weighted by molar-refractivity contribution is 0.916. The molecule has 1 aromatic carbocycles. The lowest BCUT2D eigenvalue weighted by Crippen LogP contribution is -2.09. The summed E-state index contributed by atoms with van der Waals surface area (Å²) >= 11 is 5.08. The first kappa shape index (κ1) is 13.9. The van der Waals surface area contributed by atoms with Crippen LogP contribution in [0.15, 0.2) is 33.5 Å². The Morgan fingerprint density at radius 2 is 2.00 bits per heavy atom. The third kappa shape index (κ3) is 2.44. The predicted molar refractivity (Wildman–Crippen MR) is 95.3 cm³/mol. The second-order valence-corrected chi connectivity index (χ2v) is 7.37. The van der Waals surface area contributed by atoms with Crippen molar-refractivity contribution in [3.05, 3.63) is 60.9 Å². The molecule has 1 N–H and O–H groups in total. The van der Waals surface area contributed by atoms with Gasteiger partial charge in [0.15, 0.2) is 0 Å². The first-order valence-electron chi connectivity index (χ1n) is 7.19. The summed E-state index contributed by atoms with van der Waals surface area (Å²) in [6.45, 7) is 0. The van der Waals surface area contributed by atoms with Gasteiger partial charge in [0.2, 0.25) is 0 Å². The van der Waals surface area contributed by atoms with E-state index in [1.807, 2.05) is 36.4 Å². The first-order valence-corrected chi connectivity index (χ1v) is 8.80. The van der Waals surface area contributed by atoms with Gasteiger partial charge in [-0.3, -0.25) is 4.79 Å². The number of hydrogen-bond acceptors (Lipinski definition) is 3. The van der Waals surface area contributed by atoms with Crippen molar-refractivity contribution in [3.8, 4) is 0 Å². The van der Waals surface area contributed by atoms with E-state index in [4.69, 9.17) is 0 Å². The molecule has 110 valence electrons. The van der Waals surface area contributed by atoms with Gasteiger partial charge in [-0.15, -0.1) is 11.3 Å². The lowest BCUT2D eigenvalue weighted by atomic mass is 10.2. The quantitative estimate of drug-likeness (QED) is 0.724. The van der Waals surface area contributed by atoms with Gasteiger partial charge in [0.1, 0.15) is 10.7 Å². The Balaban J connectivity index is 1.74. The van der Waals surface area contributed by atoms with E-state index in [2.05, 4.69) is 25.9 Å². The van der Waals surface area contributed by atoms with E-state index in [0.29, 0.717) is 5.82 Å². The van der Waals surface area contributed by atoms with Gasteiger partial charge < -0.3 is 4.98 Å². The number of aryl methyl sites for hydroxylation is 2. The minimum Gasteiger partial charge on any atom is -0.306 e. The zero-order valence-electron chi connectivity index (χ0n) is 11.7. The number of fused-ring (bicyclic) bond motifs is 3. The van der Waals surface area contributed by atoms with Crippen LogP contribution in [0.1, 0.15) is 28.2 Å². The van der Waals surface area contributed by atoms with Gasteiger partial charge in [-0.2, -0.15) is 0 Å². The third-order valence-corrected chi connectivity index (χ3v) is 5.61. The van der Waals surface area contributed by atoms with Crippen molar-refractivity contribution < 1.29 is 0 Å². The van der Waals surface area contributed by atoms with E-state index in [0.717, 1.165) is 39.5 Å². The summed E-state index contributed by atoms with van der Waals surface area (Å²) in [5, 5.41) is 0.804. The maximum absolute atomic E-state index is 12.3. The van der Waals surface area contributed by atoms with Crippen molar-refractivity contribution in [2.24, 2.45) is 0 Å². The highest BCUT2D eigenvalue weighted by atomic mass is 79.9. The van der Waals surface area contributed by atoms with E-state index in [-0.39, 0.29) is 5.56 Å². The molecule has 3 aromatic rings. The number of hydrogen-bond donors (Lipinski definition) is 1. The molecule has 5 heteroatoms. The van der Waals surface area contributed by atoms with Crippen LogP contribution in [0.4, 0.5) is 0 Å². The highest BCUT2D eigenvalue weighted by molar-refractivity contribution is 9.10. The molecule has 0 spiro atoms. The van der Waals surface area contributed by atoms with Gasteiger partial charge in [0.25, 0.3) is 5.56 Å². The average Bonchev–Trinajstić information content (AvgIpc) is 3.06. The summed E-state index contributed by atoms with van der Waals surface area (Å²) in [5.74, 6) is 0.611. The third-order valence-electron chi connectivity index (χ3n) is 3.90. The zero-order valence-corrected chi connectivity index (χ0v) is 14.1. The lowest BCUT2D eigenvalue weighted by Gasteiger charge is -1.97. The standard InChI is InChI=1S/C17H13BrN2OS/c18-11-7-4-10(5-8-11)6-9-14-19-16(21)15-12-2-1-3-13(12)22-17(15)20-14/h4-9H,1-3H2,(H,19,20,21)/b9-6+. The molecule has 0 aliphatic heterocycles. The summed E-state index contributed by atoms with van der Waals surface area (Å²) in [5.41, 5.74) is 2.27. The van der Waals surface area contributed by atoms with Crippen molar-refractivity contribution in [1.82, 2.24) is 9.97 Å². The normalized spacial score (nSPS) is 14.0. The molecule has 0 bridgehead atoms. The van der Waals surface area contributed by atoms with Crippen LogP contribution >= 0.6 is 27.3 Å². The van der Waals surface area contributed by atoms with Gasteiger partial charge in [-0.05, 0) is 48.6 Å². The molecule has 0 radical (unpaired) electrons. The molecule has 0 atom stereocenters. The smallest absolute Gasteiger partial charge is 0.260 e. The fraction of sp³-hybridized carbons (Fsp3) is 0.176. The minimum absolute atomic E-state index is 0.0140. The fourth-order valence-electron chi connectivity index (χ4n) is 2.85. The van der Waals surface area contributed by atoms with Gasteiger partial charge in [-0.25, -0.2) is 4.98 Å². The number of H-pyrrole nitrogens is 1. The van der Waals surface area contributed by atoms with Crippen molar-refractivity contribution in [2.75, 3.05) is 0 Å². The van der Waals surface area contributed by atoms with Crippen LogP contribution in [0.3, 0.4) is 0 Å². The second-order valence-electron chi connectivity index (χ2n) is 5.37. The Kier molecular flexibility index (Phi) is 3.47. The molecule has 1 aliphatic rings. The molecule has 0 unspecified atom stereocenters. The van der Waals surface area contributed by atoms with E-state index in [1.165, 1.54) is 10.4 Å². The monoisotopic (exact) mass is 372 g/mol. The molecule has 0 saturated heterocycles. The van der Waals surface area contributed by atoms with Crippen molar-refractivity contribution in [1.29, 1.82) is 0 Å². The summed E-state index contributed by atoms with van der Waals surface area (Å²) in [4.78, 5) is 22.0. The molecule has 0 amide bonds. The number of halogens is 1. The Bertz CT molecular complexity index is 938. The van der Waals surface area contributed by atoms with Gasteiger partial charge >= 0.3 is 0 Å². The molecule has 22 heavy (non-hydrogen) atoms. The van der Waals surface area contributed by atoms with Gasteiger partial charge in [0, 0.05) is 9.35 Å². The van der Waals surface area contributed by atoms with Crippen molar-refractivity contribution >= 4 is 49.6 Å². The molecule has 2 heterocycles. The van der Waals surface area contributed by atoms with Crippen molar-refractivity contribution in [3.63, 3.8) is 0 Å². The highest BCUT2D eigenvalue weighted by Crippen LogP contribution is 2.34. The molecule has 3 nitrogen and oxygen atoms in total. The highest BCUT2D eigenvalue weighted by Gasteiger charge is 2.20. The number of nitrogens with one attached hydrogen (secondary N) is 1. The SMILES string of the molecule is O=c1[nH]c(/C=C/c2ccc(Br)cc2)nc2sc3c(c12)CCC3. The topological polar surface area (TPSA) is 45.8 Å². The van der Waals surface area contributed by atoms with Crippen LogP contribution in [0, 0.1) is 0 Å². The Morgan fingerprint density at radius 1 is 1.18 bits per heavy atom. The zero-order chi connectivity index (χ0) is 15.1. The maximum Gasteiger partial charge on any atom is 0.260 e. The predicted octanol–water partition coefficient (Wildman–Crippen LogP) is 4.41. The van der Waals surface area contributed by atoms with Crippen LogP contribution < -0.4 is 5.56 Å². The van der Waals surface area contributed by atoms with Gasteiger partial charge in [0.05, 0.1) is 5.39 Å². The molecule has 0 fully saturated rings. The first-order chi connectivity index (χ1) is 10.7. The summed E-state index contributed by atoms with van der Waals surface area (Å²) < 4.78 is 1.05. The van der Waals surface area contributed by atoms with Gasteiger partial charge in [-0.1, -0.05) is 34.1 Å². The maximum atomic E-state index is 12.3. The number of aromatic nitrogens is 2. The number of nitrogens with zero attached hydrogens (tertiary/aromatic N) is 1. The van der Waals surface area contributed by atoms with Crippen LogP contribution in [0.2, 0.25) is 0 Å². The fourth-order valence-corrected chi connectivity index (χ4v) is 4.38. The van der Waals surface area contributed by atoms with E-state index >= 15 is 0 Å². The Labute approximate surface area is 139 Å². The molecule has 0 saturated carbocycles.